The molecule has 1 unspecified atom stereocenters. The third-order valence-corrected chi connectivity index (χ3v) is 8.55. The molecule has 0 aromatic carbocycles. The highest BCUT2D eigenvalue weighted by atomic mass is 28.4. The second-order valence-corrected chi connectivity index (χ2v) is 9.85. The molecule has 0 fully saturated rings. The summed E-state index contributed by atoms with van der Waals surface area (Å²) in [6, 6.07) is 2.65. The maximum absolute atomic E-state index is 12.4. The zero-order valence-electron chi connectivity index (χ0n) is 13.2. The number of Topliss-reactive ketones (excluding diaryl/α,β-unsaturated/α-hetero) is 1. The van der Waals surface area contributed by atoms with Crippen molar-refractivity contribution in [2.24, 2.45) is 5.41 Å². The molecular formula is C14H28O4Si. The second-order valence-electron chi connectivity index (χ2n) is 5.16. The molecule has 0 aromatic rings. The Kier molecular flexibility index (Phi) is 7.52. The molecule has 112 valence electrons. The van der Waals surface area contributed by atoms with Gasteiger partial charge in [0.25, 0.3) is 8.32 Å². The third kappa shape index (κ3) is 4.42. The minimum absolute atomic E-state index is 0.0965. The normalized spacial score (nSPS) is 14.8. The van der Waals surface area contributed by atoms with Gasteiger partial charge in [0.2, 0.25) is 0 Å². The van der Waals surface area contributed by atoms with Crippen LogP contribution in [0.15, 0.2) is 0 Å². The molecule has 0 amide bonds. The van der Waals surface area contributed by atoms with Crippen molar-refractivity contribution >= 4 is 20.1 Å². The van der Waals surface area contributed by atoms with Gasteiger partial charge in [0.1, 0.15) is 11.2 Å². The Morgan fingerprint density at radius 2 is 1.53 bits per heavy atom. The molecule has 0 radical (unpaired) electrons. The summed E-state index contributed by atoms with van der Waals surface area (Å²) in [4.78, 5) is 24.2. The van der Waals surface area contributed by atoms with Crippen LogP contribution < -0.4 is 0 Å². The predicted octanol–water partition coefficient (Wildman–Crippen LogP) is 3.17. The van der Waals surface area contributed by atoms with Crippen LogP contribution in [0.2, 0.25) is 18.1 Å². The number of hydrogen-bond acceptors (Lipinski definition) is 4. The van der Waals surface area contributed by atoms with E-state index >= 15 is 0 Å². The predicted molar refractivity (Wildman–Crippen MR) is 78.6 cm³/mol. The Morgan fingerprint density at radius 1 is 1.05 bits per heavy atom. The molecule has 0 bridgehead atoms. The van der Waals surface area contributed by atoms with E-state index in [0.717, 1.165) is 18.1 Å². The van der Waals surface area contributed by atoms with Crippen molar-refractivity contribution in [3.63, 3.8) is 0 Å². The first-order valence-corrected chi connectivity index (χ1v) is 9.67. The summed E-state index contributed by atoms with van der Waals surface area (Å²) in [5.41, 5.74) is -1.17. The average Bonchev–Trinajstić information content (AvgIpc) is 2.41. The Morgan fingerprint density at radius 3 is 1.84 bits per heavy atom. The molecule has 0 N–H and O–H groups in total. The van der Waals surface area contributed by atoms with E-state index in [9.17, 15) is 9.59 Å². The van der Waals surface area contributed by atoms with Crippen LogP contribution >= 0.6 is 0 Å². The molecule has 1 atom stereocenters. The quantitative estimate of drug-likeness (QED) is 0.483. The first kappa shape index (κ1) is 18.3. The Labute approximate surface area is 118 Å². The molecule has 0 aliphatic rings. The second kappa shape index (κ2) is 7.80. The Bertz CT molecular complexity index is 304. The van der Waals surface area contributed by atoms with Crippen molar-refractivity contribution in [2.75, 3.05) is 13.2 Å². The molecule has 0 spiro atoms. The molecule has 0 heterocycles. The van der Waals surface area contributed by atoms with Gasteiger partial charge in [0, 0.05) is 6.61 Å². The Balaban J connectivity index is 5.06. The maximum atomic E-state index is 12.4. The van der Waals surface area contributed by atoms with Gasteiger partial charge >= 0.3 is 5.97 Å². The highest BCUT2D eigenvalue weighted by molar-refractivity contribution is 6.75. The van der Waals surface area contributed by atoms with Crippen molar-refractivity contribution in [3.8, 4) is 0 Å². The van der Waals surface area contributed by atoms with E-state index in [-0.39, 0.29) is 12.4 Å². The van der Waals surface area contributed by atoms with Crippen LogP contribution in [-0.2, 0) is 18.8 Å². The van der Waals surface area contributed by atoms with Gasteiger partial charge in [0.15, 0.2) is 0 Å². The number of ether oxygens (including phenoxy) is 1. The minimum atomic E-state index is -2.03. The zero-order valence-corrected chi connectivity index (χ0v) is 14.2. The van der Waals surface area contributed by atoms with Crippen LogP contribution in [0.4, 0.5) is 0 Å². The number of hydrogen-bond donors (Lipinski definition) is 0. The highest BCUT2D eigenvalue weighted by Crippen LogP contribution is 2.28. The van der Waals surface area contributed by atoms with Crippen molar-refractivity contribution in [1.29, 1.82) is 0 Å². The topological polar surface area (TPSA) is 52.6 Å². The minimum Gasteiger partial charge on any atom is -0.518 e. The summed E-state index contributed by atoms with van der Waals surface area (Å²) in [7, 11) is -2.03. The molecule has 0 aromatic heterocycles. The van der Waals surface area contributed by atoms with Crippen LogP contribution in [0.1, 0.15) is 41.5 Å². The van der Waals surface area contributed by atoms with Crippen molar-refractivity contribution in [2.45, 2.75) is 59.7 Å². The smallest absolute Gasteiger partial charge is 0.308 e. The lowest BCUT2D eigenvalue weighted by Gasteiger charge is -2.33. The van der Waals surface area contributed by atoms with Gasteiger partial charge in [-0.25, -0.2) is 0 Å². The summed E-state index contributed by atoms with van der Waals surface area (Å²) in [6.07, 6.45) is 0. The molecule has 5 heteroatoms. The molecular weight excluding hydrogens is 260 g/mol. The zero-order chi connectivity index (χ0) is 15.1. The fourth-order valence-electron chi connectivity index (χ4n) is 1.89. The van der Waals surface area contributed by atoms with E-state index in [4.69, 9.17) is 9.16 Å². The summed E-state index contributed by atoms with van der Waals surface area (Å²) in [5, 5.41) is 0. The lowest BCUT2D eigenvalue weighted by Crippen LogP contribution is -2.48. The molecule has 4 nitrogen and oxygen atoms in total. The molecule has 0 saturated heterocycles. The molecule has 0 aliphatic heterocycles. The summed E-state index contributed by atoms with van der Waals surface area (Å²) in [6.45, 7) is 11.6. The molecule has 0 aliphatic carbocycles. The van der Waals surface area contributed by atoms with E-state index < -0.39 is 19.7 Å². The van der Waals surface area contributed by atoms with Gasteiger partial charge in [-0.05, 0) is 38.9 Å². The monoisotopic (exact) mass is 288 g/mol. The van der Waals surface area contributed by atoms with Gasteiger partial charge in [-0.1, -0.05) is 20.8 Å². The fourth-order valence-corrected chi connectivity index (χ4v) is 4.44. The first-order chi connectivity index (χ1) is 8.81. The van der Waals surface area contributed by atoms with Crippen LogP contribution in [0.5, 0.6) is 0 Å². The number of carbonyl (C=O) groups is 2. The molecule has 0 saturated carbocycles. The lowest BCUT2D eigenvalue weighted by atomic mass is 9.87. The van der Waals surface area contributed by atoms with Gasteiger partial charge in [0.05, 0.1) is 6.61 Å². The van der Waals surface area contributed by atoms with E-state index in [1.54, 1.807) is 6.92 Å². The van der Waals surface area contributed by atoms with E-state index in [1.807, 2.05) is 6.92 Å². The molecule has 0 rings (SSSR count). The van der Waals surface area contributed by atoms with Crippen LogP contribution in [0.3, 0.4) is 0 Å². The standard InChI is InChI=1S/C14H28O4Si/c1-7-17-11-14(6,12(5)15)13(16)18-19(8-2,9-3)10-4/h7-11H2,1-6H3. The van der Waals surface area contributed by atoms with E-state index in [1.165, 1.54) is 6.92 Å². The van der Waals surface area contributed by atoms with Crippen LogP contribution in [0, 0.1) is 5.41 Å². The van der Waals surface area contributed by atoms with Crippen LogP contribution in [-0.4, -0.2) is 33.3 Å². The largest absolute Gasteiger partial charge is 0.518 e. The molecule has 19 heavy (non-hydrogen) atoms. The van der Waals surface area contributed by atoms with Gasteiger partial charge in [-0.15, -0.1) is 0 Å². The van der Waals surface area contributed by atoms with Gasteiger partial charge in [-0.2, -0.15) is 0 Å². The maximum Gasteiger partial charge on any atom is 0.308 e. The Hall–Kier alpha value is -0.683. The summed E-state index contributed by atoms with van der Waals surface area (Å²) >= 11 is 0. The number of rotatable bonds is 9. The lowest BCUT2D eigenvalue weighted by molar-refractivity contribution is -0.155. The van der Waals surface area contributed by atoms with Crippen molar-refractivity contribution in [3.05, 3.63) is 0 Å². The third-order valence-electron chi connectivity index (χ3n) is 4.06. The van der Waals surface area contributed by atoms with Gasteiger partial charge < -0.3 is 9.16 Å². The number of carbonyl (C=O) groups excluding carboxylic acids is 2. The summed E-state index contributed by atoms with van der Waals surface area (Å²) in [5.74, 6) is -0.608. The SMILES string of the molecule is CCOCC(C)(C(C)=O)C(=O)O[Si](CC)(CC)CC. The number of ketones is 1. The fraction of sp³-hybridized carbons (Fsp3) is 0.857. The van der Waals surface area contributed by atoms with Crippen LogP contribution in [0.25, 0.3) is 0 Å². The van der Waals surface area contributed by atoms with E-state index in [2.05, 4.69) is 20.8 Å². The summed E-state index contributed by atoms with van der Waals surface area (Å²) < 4.78 is 11.1. The average molecular weight is 288 g/mol. The first-order valence-electron chi connectivity index (χ1n) is 7.14. The van der Waals surface area contributed by atoms with Gasteiger partial charge in [-0.3, -0.25) is 9.59 Å². The van der Waals surface area contributed by atoms with Crippen molar-refractivity contribution < 1.29 is 18.8 Å². The highest BCUT2D eigenvalue weighted by Gasteiger charge is 2.44. The van der Waals surface area contributed by atoms with Crippen molar-refractivity contribution in [1.82, 2.24) is 0 Å². The van der Waals surface area contributed by atoms with E-state index in [0.29, 0.717) is 6.61 Å².